The molecule has 1 aliphatic heterocycles. The lowest BCUT2D eigenvalue weighted by molar-refractivity contribution is 0.0766. The lowest BCUT2D eigenvalue weighted by atomic mass is 10.2. The van der Waals surface area contributed by atoms with Crippen LogP contribution in [0.5, 0.6) is 0 Å². The normalized spacial score (nSPS) is 16.5. The van der Waals surface area contributed by atoms with Gasteiger partial charge in [0.15, 0.2) is 0 Å². The molecule has 1 aromatic carbocycles. The lowest BCUT2D eigenvalue weighted by Crippen LogP contribution is -2.34. The van der Waals surface area contributed by atoms with Crippen molar-refractivity contribution < 1.29 is 4.79 Å². The molecule has 4 nitrogen and oxygen atoms in total. The van der Waals surface area contributed by atoms with E-state index in [1.807, 2.05) is 42.2 Å². The molecule has 0 unspecified atom stereocenters. The fourth-order valence-corrected chi connectivity index (χ4v) is 3.73. The molecule has 0 saturated carbocycles. The van der Waals surface area contributed by atoms with E-state index < -0.39 is 0 Å². The largest absolute Gasteiger partial charge is 0.337 e. The monoisotopic (exact) mass is 315 g/mol. The van der Waals surface area contributed by atoms with Crippen LogP contribution in [0.4, 0.5) is 0 Å². The number of benzene rings is 1. The van der Waals surface area contributed by atoms with E-state index in [-0.39, 0.29) is 5.91 Å². The topological polar surface area (TPSA) is 36.4 Å². The van der Waals surface area contributed by atoms with Crippen LogP contribution < -0.4 is 0 Å². The van der Waals surface area contributed by atoms with Gasteiger partial charge in [-0.15, -0.1) is 11.3 Å². The summed E-state index contributed by atoms with van der Waals surface area (Å²) in [5.74, 6) is 0.132. The third-order valence-corrected chi connectivity index (χ3v) is 5.21. The molecule has 22 heavy (non-hydrogen) atoms. The van der Waals surface area contributed by atoms with Gasteiger partial charge in [-0.05, 0) is 26.9 Å². The van der Waals surface area contributed by atoms with Gasteiger partial charge >= 0.3 is 0 Å². The molecule has 1 fully saturated rings. The summed E-state index contributed by atoms with van der Waals surface area (Å²) in [7, 11) is 2.11. The number of aryl methyl sites for hydroxylation is 1. The van der Waals surface area contributed by atoms with Crippen LogP contribution in [0.1, 0.15) is 21.8 Å². The average molecular weight is 315 g/mol. The van der Waals surface area contributed by atoms with Gasteiger partial charge in [-0.1, -0.05) is 30.3 Å². The molecule has 0 atom stereocenters. The van der Waals surface area contributed by atoms with Crippen molar-refractivity contribution in [2.24, 2.45) is 0 Å². The zero-order valence-electron chi connectivity index (χ0n) is 13.1. The number of nitrogens with zero attached hydrogens (tertiary/aromatic N) is 3. The minimum Gasteiger partial charge on any atom is -0.337 e. The first-order valence-electron chi connectivity index (χ1n) is 7.66. The predicted octanol–water partition coefficient (Wildman–Crippen LogP) is 2.90. The van der Waals surface area contributed by atoms with Gasteiger partial charge in [-0.2, -0.15) is 0 Å². The molecule has 0 radical (unpaired) electrons. The Hall–Kier alpha value is -1.72. The van der Waals surface area contributed by atoms with Crippen molar-refractivity contribution in [3.8, 4) is 10.6 Å². The van der Waals surface area contributed by atoms with E-state index in [9.17, 15) is 4.79 Å². The van der Waals surface area contributed by atoms with Crippen molar-refractivity contribution in [2.75, 3.05) is 33.2 Å². The second-order valence-corrected chi connectivity index (χ2v) is 6.75. The van der Waals surface area contributed by atoms with E-state index in [0.717, 1.165) is 53.7 Å². The van der Waals surface area contributed by atoms with Crippen molar-refractivity contribution in [3.05, 3.63) is 40.9 Å². The summed E-state index contributed by atoms with van der Waals surface area (Å²) in [6.45, 7) is 5.56. The van der Waals surface area contributed by atoms with Gasteiger partial charge in [0, 0.05) is 25.2 Å². The maximum absolute atomic E-state index is 12.8. The number of carbonyl (C=O) groups excluding carboxylic acids is 1. The SMILES string of the molecule is Cc1nc(-c2ccccc2)sc1C(=O)N1CCCN(C)CC1. The van der Waals surface area contributed by atoms with E-state index in [2.05, 4.69) is 16.9 Å². The van der Waals surface area contributed by atoms with Crippen LogP contribution in [-0.4, -0.2) is 53.9 Å². The van der Waals surface area contributed by atoms with Crippen molar-refractivity contribution in [3.63, 3.8) is 0 Å². The van der Waals surface area contributed by atoms with Crippen LogP contribution in [0.2, 0.25) is 0 Å². The third-order valence-electron chi connectivity index (χ3n) is 4.02. The first-order valence-corrected chi connectivity index (χ1v) is 8.47. The molecule has 0 N–H and O–H groups in total. The molecule has 1 amide bonds. The van der Waals surface area contributed by atoms with Gasteiger partial charge in [-0.25, -0.2) is 4.98 Å². The molecule has 0 spiro atoms. The summed E-state index contributed by atoms with van der Waals surface area (Å²) in [5.41, 5.74) is 1.91. The van der Waals surface area contributed by atoms with Crippen LogP contribution in [0.3, 0.4) is 0 Å². The second-order valence-electron chi connectivity index (χ2n) is 5.75. The fraction of sp³-hybridized carbons (Fsp3) is 0.412. The number of rotatable bonds is 2. The maximum Gasteiger partial charge on any atom is 0.265 e. The number of likely N-dealkylation sites (N-methyl/N-ethyl adjacent to an activating group) is 1. The summed E-state index contributed by atoms with van der Waals surface area (Å²) in [6.07, 6.45) is 1.03. The molecule has 1 aliphatic rings. The third kappa shape index (κ3) is 3.20. The number of hydrogen-bond acceptors (Lipinski definition) is 4. The number of aromatic nitrogens is 1. The Balaban J connectivity index is 1.82. The van der Waals surface area contributed by atoms with Crippen LogP contribution in [0.15, 0.2) is 30.3 Å². The van der Waals surface area contributed by atoms with Crippen LogP contribution in [0.25, 0.3) is 10.6 Å². The van der Waals surface area contributed by atoms with Crippen molar-refractivity contribution in [1.29, 1.82) is 0 Å². The average Bonchev–Trinajstić information content (AvgIpc) is 2.79. The molecule has 0 bridgehead atoms. The molecular weight excluding hydrogens is 294 g/mol. The Morgan fingerprint density at radius 1 is 1.14 bits per heavy atom. The van der Waals surface area contributed by atoms with Crippen molar-refractivity contribution in [1.82, 2.24) is 14.8 Å². The minimum atomic E-state index is 0.132. The van der Waals surface area contributed by atoms with Crippen LogP contribution in [0, 0.1) is 6.92 Å². The summed E-state index contributed by atoms with van der Waals surface area (Å²) < 4.78 is 0. The standard InChI is InChI=1S/C17H21N3OS/c1-13-15(17(21)20-10-6-9-19(2)11-12-20)22-16(18-13)14-7-4-3-5-8-14/h3-5,7-8H,6,9-12H2,1-2H3. The summed E-state index contributed by atoms with van der Waals surface area (Å²) >= 11 is 1.51. The summed E-state index contributed by atoms with van der Waals surface area (Å²) in [5, 5.41) is 0.924. The maximum atomic E-state index is 12.8. The van der Waals surface area contributed by atoms with E-state index >= 15 is 0 Å². The Morgan fingerprint density at radius 2 is 1.91 bits per heavy atom. The fourth-order valence-electron chi connectivity index (χ4n) is 2.69. The molecule has 3 rings (SSSR count). The first-order chi connectivity index (χ1) is 10.6. The summed E-state index contributed by atoms with van der Waals surface area (Å²) in [4.78, 5) is 22.4. The van der Waals surface area contributed by atoms with E-state index in [1.54, 1.807) is 0 Å². The molecule has 1 aromatic heterocycles. The highest BCUT2D eigenvalue weighted by atomic mass is 32.1. The highest BCUT2D eigenvalue weighted by molar-refractivity contribution is 7.17. The van der Waals surface area contributed by atoms with Gasteiger partial charge in [-0.3, -0.25) is 4.79 Å². The van der Waals surface area contributed by atoms with E-state index in [0.29, 0.717) is 0 Å². The second kappa shape index (κ2) is 6.58. The first kappa shape index (κ1) is 15.2. The molecule has 2 heterocycles. The zero-order chi connectivity index (χ0) is 15.5. The number of thiazole rings is 1. The molecule has 0 aliphatic carbocycles. The lowest BCUT2D eigenvalue weighted by Gasteiger charge is -2.19. The van der Waals surface area contributed by atoms with Gasteiger partial charge in [0.1, 0.15) is 9.88 Å². The Kier molecular flexibility index (Phi) is 4.55. The quantitative estimate of drug-likeness (QED) is 0.855. The zero-order valence-corrected chi connectivity index (χ0v) is 13.9. The minimum absolute atomic E-state index is 0.132. The van der Waals surface area contributed by atoms with Gasteiger partial charge in [0.25, 0.3) is 5.91 Å². The van der Waals surface area contributed by atoms with Gasteiger partial charge < -0.3 is 9.80 Å². The van der Waals surface area contributed by atoms with Gasteiger partial charge in [0.05, 0.1) is 5.69 Å². The molecule has 2 aromatic rings. The highest BCUT2D eigenvalue weighted by Crippen LogP contribution is 2.28. The van der Waals surface area contributed by atoms with Crippen molar-refractivity contribution >= 4 is 17.2 Å². The molecule has 116 valence electrons. The smallest absolute Gasteiger partial charge is 0.265 e. The Morgan fingerprint density at radius 3 is 2.68 bits per heavy atom. The van der Waals surface area contributed by atoms with E-state index in [1.165, 1.54) is 11.3 Å². The molecular formula is C17H21N3OS. The van der Waals surface area contributed by atoms with Crippen LogP contribution >= 0.6 is 11.3 Å². The van der Waals surface area contributed by atoms with E-state index in [4.69, 9.17) is 0 Å². The van der Waals surface area contributed by atoms with Gasteiger partial charge in [0.2, 0.25) is 0 Å². The van der Waals surface area contributed by atoms with Crippen LogP contribution in [-0.2, 0) is 0 Å². The van der Waals surface area contributed by atoms with Crippen molar-refractivity contribution in [2.45, 2.75) is 13.3 Å². The number of hydrogen-bond donors (Lipinski definition) is 0. The summed E-state index contributed by atoms with van der Waals surface area (Å²) in [6, 6.07) is 10.1. The predicted molar refractivity (Wildman–Crippen MR) is 90.3 cm³/mol. The highest BCUT2D eigenvalue weighted by Gasteiger charge is 2.23. The molecule has 5 heteroatoms. The number of amides is 1. The number of carbonyl (C=O) groups is 1. The Labute approximate surface area is 135 Å². The Bertz CT molecular complexity index is 653. The molecule has 1 saturated heterocycles.